The van der Waals surface area contributed by atoms with Crippen molar-refractivity contribution in [3.8, 4) is 0 Å². The molecule has 1 amide bonds. The van der Waals surface area contributed by atoms with Crippen LogP contribution in [0.3, 0.4) is 0 Å². The molecule has 0 radical (unpaired) electrons. The van der Waals surface area contributed by atoms with Crippen molar-refractivity contribution in [3.63, 3.8) is 0 Å². The van der Waals surface area contributed by atoms with Crippen molar-refractivity contribution in [2.24, 2.45) is 5.92 Å². The van der Waals surface area contributed by atoms with Gasteiger partial charge in [-0.3, -0.25) is 12.7 Å². The van der Waals surface area contributed by atoms with Crippen LogP contribution in [0.1, 0.15) is 20.8 Å². The quantitative estimate of drug-likeness (QED) is 0.452. The van der Waals surface area contributed by atoms with Crippen LogP contribution < -0.4 is 0 Å². The maximum Gasteiger partial charge on any atom is 0.255 e. The summed E-state index contributed by atoms with van der Waals surface area (Å²) in [5.41, 5.74) is 0. The topological polar surface area (TPSA) is 37.4 Å². The number of halogens is 1. The SMILES string of the molecule is C/C=C\C(=O)N(I)CC(=O)C(C)C. The van der Waals surface area contributed by atoms with Crippen molar-refractivity contribution in [1.29, 1.82) is 0 Å². The summed E-state index contributed by atoms with van der Waals surface area (Å²) in [5, 5.41) is 0. The van der Waals surface area contributed by atoms with E-state index in [1.54, 1.807) is 13.0 Å². The fourth-order valence-corrected chi connectivity index (χ4v) is 1.12. The van der Waals surface area contributed by atoms with Gasteiger partial charge < -0.3 is 0 Å². The van der Waals surface area contributed by atoms with Gasteiger partial charge in [0.1, 0.15) is 0 Å². The molecule has 0 aromatic carbocycles. The molecule has 0 heterocycles. The van der Waals surface area contributed by atoms with Crippen LogP contribution in [0.5, 0.6) is 0 Å². The van der Waals surface area contributed by atoms with Crippen LogP contribution in [-0.4, -0.2) is 21.3 Å². The molecule has 4 heteroatoms. The molecule has 0 saturated carbocycles. The predicted octanol–water partition coefficient (Wildman–Crippen LogP) is 1.97. The first kappa shape index (κ1) is 12.6. The molecule has 0 saturated heterocycles. The van der Waals surface area contributed by atoms with Gasteiger partial charge in [-0.25, -0.2) is 0 Å². The molecule has 74 valence electrons. The molecule has 3 nitrogen and oxygen atoms in total. The van der Waals surface area contributed by atoms with Gasteiger partial charge in [-0.2, -0.15) is 0 Å². The summed E-state index contributed by atoms with van der Waals surface area (Å²) in [6, 6.07) is 0. The molecule has 0 unspecified atom stereocenters. The Hall–Kier alpha value is -0.390. The number of Topliss-reactive ketones (excluding diaryl/α,β-unsaturated/α-hetero) is 1. The second-order valence-electron chi connectivity index (χ2n) is 2.98. The van der Waals surface area contributed by atoms with E-state index in [-0.39, 0.29) is 24.2 Å². The number of allylic oxidation sites excluding steroid dienone is 1. The van der Waals surface area contributed by atoms with E-state index >= 15 is 0 Å². The zero-order valence-corrected chi connectivity index (χ0v) is 10.2. The minimum absolute atomic E-state index is 0.0179. The number of carbonyl (C=O) groups is 2. The zero-order valence-electron chi connectivity index (χ0n) is 8.08. The van der Waals surface area contributed by atoms with E-state index in [0.717, 1.165) is 0 Å². The average molecular weight is 295 g/mol. The number of amides is 1. The van der Waals surface area contributed by atoms with Gasteiger partial charge in [0, 0.05) is 5.92 Å². The van der Waals surface area contributed by atoms with Gasteiger partial charge >= 0.3 is 0 Å². The molecular formula is C9H14INO2. The third kappa shape index (κ3) is 5.02. The molecule has 0 aromatic rings. The Kier molecular flexibility index (Phi) is 5.94. The molecule has 0 aliphatic carbocycles. The van der Waals surface area contributed by atoms with Crippen LogP contribution in [0.4, 0.5) is 0 Å². The molecule has 0 spiro atoms. The first-order chi connectivity index (χ1) is 5.99. The fourth-order valence-electron chi connectivity index (χ4n) is 0.621. The van der Waals surface area contributed by atoms with Crippen molar-refractivity contribution in [2.45, 2.75) is 20.8 Å². The minimum Gasteiger partial charge on any atom is -0.297 e. The van der Waals surface area contributed by atoms with Crippen LogP contribution in [0.2, 0.25) is 0 Å². The first-order valence-electron chi connectivity index (χ1n) is 4.11. The fraction of sp³-hybridized carbons (Fsp3) is 0.556. The van der Waals surface area contributed by atoms with Crippen LogP contribution >= 0.6 is 22.9 Å². The lowest BCUT2D eigenvalue weighted by atomic mass is 10.1. The number of nitrogens with zero attached hydrogens (tertiary/aromatic N) is 1. The molecule has 0 aliphatic rings. The summed E-state index contributed by atoms with van der Waals surface area (Å²) < 4.78 is 1.39. The van der Waals surface area contributed by atoms with E-state index in [0.29, 0.717) is 0 Å². The monoisotopic (exact) mass is 295 g/mol. The second kappa shape index (κ2) is 6.12. The van der Waals surface area contributed by atoms with Crippen molar-refractivity contribution < 1.29 is 9.59 Å². The number of rotatable bonds is 4. The van der Waals surface area contributed by atoms with Gasteiger partial charge in [0.2, 0.25) is 0 Å². The summed E-state index contributed by atoms with van der Waals surface area (Å²) in [7, 11) is 0. The molecule has 0 atom stereocenters. The lowest BCUT2D eigenvalue weighted by molar-refractivity contribution is -0.127. The smallest absolute Gasteiger partial charge is 0.255 e. The van der Waals surface area contributed by atoms with Crippen LogP contribution in [0, 0.1) is 5.92 Å². The van der Waals surface area contributed by atoms with E-state index in [9.17, 15) is 9.59 Å². The lowest BCUT2D eigenvalue weighted by Crippen LogP contribution is -2.28. The maximum atomic E-state index is 11.2. The Labute approximate surface area is 92.7 Å². The third-order valence-electron chi connectivity index (χ3n) is 1.49. The highest BCUT2D eigenvalue weighted by molar-refractivity contribution is 14.1. The van der Waals surface area contributed by atoms with Crippen molar-refractivity contribution in [1.82, 2.24) is 3.11 Å². The summed E-state index contributed by atoms with van der Waals surface area (Å²) in [6.45, 7) is 5.61. The maximum absolute atomic E-state index is 11.2. The summed E-state index contributed by atoms with van der Waals surface area (Å²) in [4.78, 5) is 22.4. The van der Waals surface area contributed by atoms with Gasteiger partial charge in [0.15, 0.2) is 5.78 Å². The highest BCUT2D eigenvalue weighted by Gasteiger charge is 2.14. The highest BCUT2D eigenvalue weighted by Crippen LogP contribution is 2.04. The molecule has 0 rings (SSSR count). The predicted molar refractivity (Wildman–Crippen MR) is 60.4 cm³/mol. The Bertz CT molecular complexity index is 224. The number of hydrogen-bond donors (Lipinski definition) is 0. The number of hydrogen-bond acceptors (Lipinski definition) is 2. The van der Waals surface area contributed by atoms with E-state index in [1.165, 1.54) is 9.19 Å². The molecule has 0 aliphatic heterocycles. The number of carbonyl (C=O) groups excluding carboxylic acids is 2. The highest BCUT2D eigenvalue weighted by atomic mass is 127. The Morgan fingerprint density at radius 1 is 1.46 bits per heavy atom. The third-order valence-corrected chi connectivity index (χ3v) is 2.30. The van der Waals surface area contributed by atoms with Gasteiger partial charge in [-0.05, 0) is 13.0 Å². The molecule has 0 N–H and O–H groups in total. The number of ketones is 1. The molecule has 0 fully saturated rings. The standard InChI is InChI=1S/C9H14INO2/c1-4-5-9(13)11(10)6-8(12)7(2)3/h4-5,7H,6H2,1-3H3/b5-4-. The van der Waals surface area contributed by atoms with Crippen molar-refractivity contribution in [2.75, 3.05) is 6.54 Å². The Morgan fingerprint density at radius 2 is 2.00 bits per heavy atom. The lowest BCUT2D eigenvalue weighted by Gasteiger charge is -2.12. The van der Waals surface area contributed by atoms with E-state index in [2.05, 4.69) is 0 Å². The van der Waals surface area contributed by atoms with Crippen molar-refractivity contribution >= 4 is 34.6 Å². The molecule has 0 aromatic heterocycles. The summed E-state index contributed by atoms with van der Waals surface area (Å²) in [5.74, 6) is -0.0833. The minimum atomic E-state index is -0.142. The van der Waals surface area contributed by atoms with Gasteiger partial charge in [-0.1, -0.05) is 19.9 Å². The molecular weight excluding hydrogens is 281 g/mol. The average Bonchev–Trinajstić information content (AvgIpc) is 2.04. The summed E-state index contributed by atoms with van der Waals surface area (Å²) >= 11 is 1.85. The second-order valence-corrected chi connectivity index (χ2v) is 4.14. The Balaban J connectivity index is 4.07. The summed E-state index contributed by atoms with van der Waals surface area (Å²) in [6.07, 6.45) is 3.11. The largest absolute Gasteiger partial charge is 0.297 e. The Morgan fingerprint density at radius 3 is 2.38 bits per heavy atom. The van der Waals surface area contributed by atoms with E-state index < -0.39 is 0 Å². The van der Waals surface area contributed by atoms with Gasteiger partial charge in [0.05, 0.1) is 29.4 Å². The van der Waals surface area contributed by atoms with E-state index in [4.69, 9.17) is 0 Å². The van der Waals surface area contributed by atoms with E-state index in [1.807, 2.05) is 36.7 Å². The first-order valence-corrected chi connectivity index (χ1v) is 5.08. The normalized spacial score (nSPS) is 10.8. The molecule has 0 bridgehead atoms. The van der Waals surface area contributed by atoms with Crippen molar-refractivity contribution in [3.05, 3.63) is 12.2 Å². The van der Waals surface area contributed by atoms with Crippen LogP contribution in [-0.2, 0) is 9.59 Å². The van der Waals surface area contributed by atoms with Crippen LogP contribution in [0.25, 0.3) is 0 Å². The molecule has 13 heavy (non-hydrogen) atoms. The van der Waals surface area contributed by atoms with Gasteiger partial charge in [0.25, 0.3) is 5.91 Å². The zero-order chi connectivity index (χ0) is 10.4. The van der Waals surface area contributed by atoms with Crippen LogP contribution in [0.15, 0.2) is 12.2 Å². The van der Waals surface area contributed by atoms with Gasteiger partial charge in [-0.15, -0.1) is 0 Å².